The first-order chi connectivity index (χ1) is 7.20. The molecule has 1 fully saturated rings. The van der Waals surface area contributed by atoms with Gasteiger partial charge in [0.25, 0.3) is 0 Å². The summed E-state index contributed by atoms with van der Waals surface area (Å²) in [6.07, 6.45) is 9.49. The van der Waals surface area contributed by atoms with Gasteiger partial charge < -0.3 is 5.73 Å². The molecule has 90 valence electrons. The summed E-state index contributed by atoms with van der Waals surface area (Å²) in [7, 11) is 0. The van der Waals surface area contributed by atoms with Crippen LogP contribution in [0.1, 0.15) is 58.8 Å². The smallest absolute Gasteiger partial charge is 0.0409 e. The first kappa shape index (κ1) is 13.0. The molecule has 1 rings (SSSR count). The van der Waals surface area contributed by atoms with Crippen molar-refractivity contribution in [3.05, 3.63) is 0 Å². The third-order valence-corrected chi connectivity index (χ3v) is 3.61. The first-order valence-corrected chi connectivity index (χ1v) is 6.71. The lowest BCUT2D eigenvalue weighted by molar-refractivity contribution is 0.0663. The monoisotopic (exact) mass is 212 g/mol. The number of likely N-dealkylation sites (tertiary alicyclic amines) is 1. The minimum atomic E-state index is 0.155. The highest BCUT2D eigenvalue weighted by Crippen LogP contribution is 2.21. The minimum absolute atomic E-state index is 0.155. The van der Waals surface area contributed by atoms with Crippen molar-refractivity contribution in [3.63, 3.8) is 0 Å². The molecule has 0 aliphatic carbocycles. The Kier molecular flexibility index (Phi) is 5.62. The molecule has 0 unspecified atom stereocenters. The van der Waals surface area contributed by atoms with Gasteiger partial charge in [0.15, 0.2) is 0 Å². The highest BCUT2D eigenvalue weighted by Gasteiger charge is 2.36. The van der Waals surface area contributed by atoms with Gasteiger partial charge in [-0.15, -0.1) is 0 Å². The fourth-order valence-corrected chi connectivity index (χ4v) is 2.34. The first-order valence-electron chi connectivity index (χ1n) is 6.71. The maximum absolute atomic E-state index is 6.12. The van der Waals surface area contributed by atoms with Gasteiger partial charge in [-0.1, -0.05) is 46.0 Å². The van der Waals surface area contributed by atoms with E-state index in [9.17, 15) is 0 Å². The van der Waals surface area contributed by atoms with Gasteiger partial charge in [-0.2, -0.15) is 0 Å². The summed E-state index contributed by atoms with van der Waals surface area (Å²) in [4.78, 5) is 2.50. The van der Waals surface area contributed by atoms with E-state index in [0.29, 0.717) is 0 Å². The predicted molar refractivity (Wildman–Crippen MR) is 67.0 cm³/mol. The van der Waals surface area contributed by atoms with Gasteiger partial charge in [-0.25, -0.2) is 0 Å². The fraction of sp³-hybridized carbons (Fsp3) is 1.00. The van der Waals surface area contributed by atoms with Crippen molar-refractivity contribution in [2.45, 2.75) is 64.3 Å². The Balaban J connectivity index is 1.86. The predicted octanol–water partition coefficient (Wildman–Crippen LogP) is 2.77. The molecule has 0 aromatic heterocycles. The highest BCUT2D eigenvalue weighted by atomic mass is 15.2. The zero-order valence-corrected chi connectivity index (χ0v) is 10.6. The molecule has 1 heterocycles. The van der Waals surface area contributed by atoms with Crippen molar-refractivity contribution in [1.29, 1.82) is 0 Å². The Morgan fingerprint density at radius 3 is 2.20 bits per heavy atom. The Morgan fingerprint density at radius 1 is 1.00 bits per heavy atom. The van der Waals surface area contributed by atoms with Gasteiger partial charge in [0.2, 0.25) is 0 Å². The van der Waals surface area contributed by atoms with Crippen molar-refractivity contribution in [1.82, 2.24) is 4.90 Å². The van der Waals surface area contributed by atoms with E-state index < -0.39 is 0 Å². The molecule has 0 radical (unpaired) electrons. The van der Waals surface area contributed by atoms with E-state index >= 15 is 0 Å². The van der Waals surface area contributed by atoms with Crippen LogP contribution in [0.5, 0.6) is 0 Å². The summed E-state index contributed by atoms with van der Waals surface area (Å²) < 4.78 is 0. The number of hydrogen-bond acceptors (Lipinski definition) is 2. The van der Waals surface area contributed by atoms with Gasteiger partial charge in [0.1, 0.15) is 0 Å². The van der Waals surface area contributed by atoms with Gasteiger partial charge in [-0.3, -0.25) is 4.90 Å². The van der Waals surface area contributed by atoms with E-state index in [4.69, 9.17) is 5.73 Å². The molecule has 0 aromatic carbocycles. The van der Waals surface area contributed by atoms with Crippen LogP contribution in [0.15, 0.2) is 0 Å². The molecule has 0 atom stereocenters. The molecule has 1 saturated heterocycles. The maximum atomic E-state index is 6.12. The van der Waals surface area contributed by atoms with Crippen LogP contribution in [-0.4, -0.2) is 30.1 Å². The number of rotatable bonds is 8. The van der Waals surface area contributed by atoms with E-state index in [1.165, 1.54) is 45.1 Å². The van der Waals surface area contributed by atoms with E-state index in [1.807, 2.05) is 0 Å². The Morgan fingerprint density at radius 2 is 1.60 bits per heavy atom. The molecular formula is C13H28N2. The number of unbranched alkanes of at least 4 members (excludes halogenated alkanes) is 5. The topological polar surface area (TPSA) is 29.3 Å². The molecule has 0 aromatic rings. The SMILES string of the molecule is CCCCCCCCN1CC(N)(CC)C1. The second kappa shape index (κ2) is 6.49. The fourth-order valence-electron chi connectivity index (χ4n) is 2.34. The van der Waals surface area contributed by atoms with Crippen LogP contribution in [-0.2, 0) is 0 Å². The number of nitrogens with zero attached hydrogens (tertiary/aromatic N) is 1. The molecule has 2 nitrogen and oxygen atoms in total. The largest absolute Gasteiger partial charge is 0.323 e. The van der Waals surface area contributed by atoms with Crippen molar-refractivity contribution in [2.75, 3.05) is 19.6 Å². The lowest BCUT2D eigenvalue weighted by atomic mass is 9.88. The highest BCUT2D eigenvalue weighted by molar-refractivity contribution is 4.98. The molecular weight excluding hydrogens is 184 g/mol. The van der Waals surface area contributed by atoms with Crippen LogP contribution in [0, 0.1) is 0 Å². The summed E-state index contributed by atoms with van der Waals surface area (Å²) in [5.74, 6) is 0. The van der Waals surface area contributed by atoms with E-state index in [2.05, 4.69) is 18.7 Å². The van der Waals surface area contributed by atoms with Crippen LogP contribution in [0.3, 0.4) is 0 Å². The van der Waals surface area contributed by atoms with Crippen molar-refractivity contribution < 1.29 is 0 Å². The van der Waals surface area contributed by atoms with Crippen molar-refractivity contribution in [2.24, 2.45) is 5.73 Å². The van der Waals surface area contributed by atoms with E-state index in [-0.39, 0.29) is 5.54 Å². The summed E-state index contributed by atoms with van der Waals surface area (Å²) in [6, 6.07) is 0. The molecule has 2 N–H and O–H groups in total. The van der Waals surface area contributed by atoms with Crippen LogP contribution in [0.25, 0.3) is 0 Å². The summed E-state index contributed by atoms with van der Waals surface area (Å²) in [6.45, 7) is 7.98. The normalized spacial score (nSPS) is 20.2. The summed E-state index contributed by atoms with van der Waals surface area (Å²) in [5.41, 5.74) is 6.28. The van der Waals surface area contributed by atoms with Crippen LogP contribution >= 0.6 is 0 Å². The quantitative estimate of drug-likeness (QED) is 0.627. The third-order valence-electron chi connectivity index (χ3n) is 3.61. The molecule has 15 heavy (non-hydrogen) atoms. The lowest BCUT2D eigenvalue weighted by Crippen LogP contribution is -2.66. The average molecular weight is 212 g/mol. The molecule has 1 aliphatic heterocycles. The van der Waals surface area contributed by atoms with Gasteiger partial charge >= 0.3 is 0 Å². The Labute approximate surface area is 95.2 Å². The van der Waals surface area contributed by atoms with E-state index in [0.717, 1.165) is 19.5 Å². The van der Waals surface area contributed by atoms with Crippen molar-refractivity contribution >= 4 is 0 Å². The maximum Gasteiger partial charge on any atom is 0.0409 e. The molecule has 0 saturated carbocycles. The zero-order valence-electron chi connectivity index (χ0n) is 10.6. The molecule has 0 spiro atoms. The van der Waals surface area contributed by atoms with Crippen LogP contribution < -0.4 is 5.73 Å². The van der Waals surface area contributed by atoms with E-state index in [1.54, 1.807) is 0 Å². The third kappa shape index (κ3) is 4.52. The number of hydrogen-bond donors (Lipinski definition) is 1. The van der Waals surface area contributed by atoms with Gasteiger partial charge in [0, 0.05) is 18.6 Å². The van der Waals surface area contributed by atoms with Crippen molar-refractivity contribution in [3.8, 4) is 0 Å². The number of nitrogens with two attached hydrogens (primary N) is 1. The second-order valence-electron chi connectivity index (χ2n) is 5.19. The lowest BCUT2D eigenvalue weighted by Gasteiger charge is -2.47. The zero-order chi connectivity index (χ0) is 11.1. The van der Waals surface area contributed by atoms with Gasteiger partial charge in [0.05, 0.1) is 0 Å². The molecule has 0 amide bonds. The molecule has 1 aliphatic rings. The molecule has 2 heteroatoms. The molecule has 0 bridgehead atoms. The standard InChI is InChI=1S/C13H28N2/c1-3-5-6-7-8-9-10-15-11-13(14,4-2)12-15/h3-12,14H2,1-2H3. The van der Waals surface area contributed by atoms with Crippen LogP contribution in [0.4, 0.5) is 0 Å². The Hall–Kier alpha value is -0.0800. The minimum Gasteiger partial charge on any atom is -0.323 e. The average Bonchev–Trinajstić information content (AvgIpc) is 2.20. The second-order valence-corrected chi connectivity index (χ2v) is 5.19. The Bertz CT molecular complexity index is 162. The summed E-state index contributed by atoms with van der Waals surface area (Å²) in [5, 5.41) is 0. The van der Waals surface area contributed by atoms with Gasteiger partial charge in [-0.05, 0) is 19.4 Å². The summed E-state index contributed by atoms with van der Waals surface area (Å²) >= 11 is 0. The van der Waals surface area contributed by atoms with Crippen LogP contribution in [0.2, 0.25) is 0 Å².